The second-order valence-corrected chi connectivity index (χ2v) is 2.78. The summed E-state index contributed by atoms with van der Waals surface area (Å²) in [4.78, 5) is 10.3. The number of hydrogen-bond acceptors (Lipinski definition) is 2. The smallest absolute Gasteiger partial charge is 0.150 e. The molecule has 1 aromatic carbocycles. The Morgan fingerprint density at radius 1 is 1.07 bits per heavy atom. The fraction of sp³-hybridized carbons (Fsp3) is 0.250. The van der Waals surface area contributed by atoms with Crippen LogP contribution in [0, 0.1) is 0 Å². The molecule has 0 bridgehead atoms. The first kappa shape index (κ1) is 12.6. The van der Waals surface area contributed by atoms with Gasteiger partial charge in [0.2, 0.25) is 0 Å². The summed E-state index contributed by atoms with van der Waals surface area (Å²) in [5.74, 6) is 0. The highest BCUT2D eigenvalue weighted by Gasteiger charge is 1.87. The summed E-state index contributed by atoms with van der Waals surface area (Å²) in [5.41, 5.74) is 1.84. The Labute approximate surface area is 85.6 Å². The normalized spacial score (nSPS) is 9.36. The molecular weight excluding hydrogens is 174 g/mol. The fourth-order valence-corrected chi connectivity index (χ4v) is 0.878. The molecule has 0 aliphatic rings. The van der Waals surface area contributed by atoms with Crippen molar-refractivity contribution in [1.82, 2.24) is 5.32 Å². The van der Waals surface area contributed by atoms with Gasteiger partial charge in [-0.05, 0) is 26.6 Å². The van der Waals surface area contributed by atoms with Gasteiger partial charge in [-0.15, -0.1) is 0 Å². The molecule has 2 nitrogen and oxygen atoms in total. The summed E-state index contributed by atoms with van der Waals surface area (Å²) in [6.45, 7) is 1.97. The minimum Gasteiger partial charge on any atom is -0.323 e. The topological polar surface area (TPSA) is 29.1 Å². The van der Waals surface area contributed by atoms with E-state index in [1.165, 1.54) is 0 Å². The number of carbonyl (C=O) groups excluding carboxylic acids is 1. The van der Waals surface area contributed by atoms with Gasteiger partial charge in [0.1, 0.15) is 6.29 Å². The molecule has 0 amide bonds. The Hall–Kier alpha value is -1.41. The van der Waals surface area contributed by atoms with Crippen LogP contribution in [0.3, 0.4) is 0 Å². The number of carbonyl (C=O) groups is 1. The molecule has 1 rings (SSSR count). The van der Waals surface area contributed by atoms with Gasteiger partial charge in [0.25, 0.3) is 0 Å². The highest BCUT2D eigenvalue weighted by atomic mass is 16.1. The Bertz CT molecular complexity index is 275. The Morgan fingerprint density at radius 3 is 1.86 bits per heavy atom. The second-order valence-electron chi connectivity index (χ2n) is 2.78. The summed E-state index contributed by atoms with van der Waals surface area (Å²) in [7, 11) is 3.75. The molecular formula is C12H17NO. The van der Waals surface area contributed by atoms with Gasteiger partial charge in [0.05, 0.1) is 0 Å². The predicted molar refractivity (Wildman–Crippen MR) is 61.5 cm³/mol. The molecule has 0 fully saturated rings. The molecule has 14 heavy (non-hydrogen) atoms. The van der Waals surface area contributed by atoms with Crippen molar-refractivity contribution in [2.24, 2.45) is 0 Å². The summed E-state index contributed by atoms with van der Waals surface area (Å²) in [6.07, 6.45) is 4.81. The van der Waals surface area contributed by atoms with E-state index >= 15 is 0 Å². The number of allylic oxidation sites excluding steroid dienone is 1. The molecule has 0 unspecified atom stereocenters. The monoisotopic (exact) mass is 191 g/mol. The highest BCUT2D eigenvalue weighted by molar-refractivity contribution is 5.75. The Kier molecular flexibility index (Phi) is 7.37. The molecule has 0 spiro atoms. The lowest BCUT2D eigenvalue weighted by Gasteiger charge is -1.91. The zero-order chi connectivity index (χ0) is 10.8. The van der Waals surface area contributed by atoms with Crippen molar-refractivity contribution in [2.75, 3.05) is 14.1 Å². The van der Waals surface area contributed by atoms with Gasteiger partial charge in [-0.2, -0.15) is 0 Å². The number of hydrogen-bond donors (Lipinski definition) is 1. The molecule has 0 saturated carbocycles. The molecule has 0 radical (unpaired) electrons. The van der Waals surface area contributed by atoms with Crippen LogP contribution in [-0.2, 0) is 0 Å². The number of rotatable bonds is 2. The van der Waals surface area contributed by atoms with Gasteiger partial charge in [0.15, 0.2) is 0 Å². The first-order valence-corrected chi connectivity index (χ1v) is 4.55. The van der Waals surface area contributed by atoms with Gasteiger partial charge >= 0.3 is 0 Å². The van der Waals surface area contributed by atoms with E-state index in [9.17, 15) is 4.79 Å². The van der Waals surface area contributed by atoms with E-state index in [0.717, 1.165) is 17.4 Å². The third-order valence-corrected chi connectivity index (χ3v) is 1.43. The average molecular weight is 191 g/mol. The van der Waals surface area contributed by atoms with E-state index < -0.39 is 0 Å². The van der Waals surface area contributed by atoms with Gasteiger partial charge in [-0.1, -0.05) is 36.4 Å². The second kappa shape index (κ2) is 8.20. The number of benzene rings is 1. The van der Waals surface area contributed by atoms with Crippen molar-refractivity contribution in [3.05, 3.63) is 41.5 Å². The maximum absolute atomic E-state index is 10.3. The largest absolute Gasteiger partial charge is 0.323 e. The van der Waals surface area contributed by atoms with Crippen LogP contribution in [0.4, 0.5) is 0 Å². The molecule has 2 heteroatoms. The van der Waals surface area contributed by atoms with Crippen LogP contribution >= 0.6 is 0 Å². The lowest BCUT2D eigenvalue weighted by Crippen LogP contribution is -1.89. The zero-order valence-corrected chi connectivity index (χ0v) is 8.95. The van der Waals surface area contributed by atoms with E-state index in [0.29, 0.717) is 0 Å². The lowest BCUT2D eigenvalue weighted by molar-refractivity contribution is 0.112. The number of nitrogens with one attached hydrogen (secondary N) is 1. The third kappa shape index (κ3) is 5.27. The van der Waals surface area contributed by atoms with Crippen LogP contribution < -0.4 is 5.32 Å². The van der Waals surface area contributed by atoms with Crippen LogP contribution in [0.2, 0.25) is 0 Å². The van der Waals surface area contributed by atoms with E-state index in [2.05, 4.69) is 5.32 Å². The molecule has 1 aromatic rings. The van der Waals surface area contributed by atoms with Crippen LogP contribution in [0.5, 0.6) is 0 Å². The first-order valence-electron chi connectivity index (χ1n) is 4.55. The molecule has 76 valence electrons. The molecule has 1 N–H and O–H groups in total. The zero-order valence-electron chi connectivity index (χ0n) is 8.95. The van der Waals surface area contributed by atoms with Crippen molar-refractivity contribution in [3.63, 3.8) is 0 Å². The summed E-state index contributed by atoms with van der Waals surface area (Å²) in [5, 5.41) is 2.75. The SMILES string of the molecule is CC=Cc1ccc(C=O)cc1.CNC. The van der Waals surface area contributed by atoms with Gasteiger partial charge < -0.3 is 5.32 Å². The molecule has 0 aliphatic carbocycles. The van der Waals surface area contributed by atoms with E-state index in [1.807, 2.05) is 57.4 Å². The molecule has 0 saturated heterocycles. The van der Waals surface area contributed by atoms with E-state index in [1.54, 1.807) is 0 Å². The summed E-state index contributed by atoms with van der Waals surface area (Å²) in [6, 6.07) is 7.46. The molecule has 0 aromatic heterocycles. The lowest BCUT2D eigenvalue weighted by atomic mass is 10.1. The van der Waals surface area contributed by atoms with Crippen LogP contribution in [-0.4, -0.2) is 20.4 Å². The fourth-order valence-electron chi connectivity index (χ4n) is 0.878. The van der Waals surface area contributed by atoms with Crippen LogP contribution in [0.15, 0.2) is 30.3 Å². The molecule has 0 aliphatic heterocycles. The Morgan fingerprint density at radius 2 is 1.50 bits per heavy atom. The van der Waals surface area contributed by atoms with Crippen molar-refractivity contribution in [3.8, 4) is 0 Å². The first-order chi connectivity index (χ1) is 6.78. The number of aldehydes is 1. The van der Waals surface area contributed by atoms with Gasteiger partial charge in [-0.3, -0.25) is 4.79 Å². The third-order valence-electron chi connectivity index (χ3n) is 1.43. The maximum Gasteiger partial charge on any atom is 0.150 e. The summed E-state index contributed by atoms with van der Waals surface area (Å²) < 4.78 is 0. The van der Waals surface area contributed by atoms with Crippen molar-refractivity contribution in [2.45, 2.75) is 6.92 Å². The summed E-state index contributed by atoms with van der Waals surface area (Å²) >= 11 is 0. The molecule has 0 atom stereocenters. The quantitative estimate of drug-likeness (QED) is 0.727. The predicted octanol–water partition coefficient (Wildman–Crippen LogP) is 2.37. The van der Waals surface area contributed by atoms with Gasteiger partial charge in [-0.25, -0.2) is 0 Å². The van der Waals surface area contributed by atoms with Crippen molar-refractivity contribution < 1.29 is 4.79 Å². The Balaban J connectivity index is 0.000000500. The van der Waals surface area contributed by atoms with Gasteiger partial charge in [0, 0.05) is 5.56 Å². The highest BCUT2D eigenvalue weighted by Crippen LogP contribution is 2.03. The average Bonchev–Trinajstić information content (AvgIpc) is 2.21. The maximum atomic E-state index is 10.3. The van der Waals surface area contributed by atoms with E-state index in [-0.39, 0.29) is 0 Å². The van der Waals surface area contributed by atoms with Crippen LogP contribution in [0.25, 0.3) is 6.08 Å². The van der Waals surface area contributed by atoms with E-state index in [4.69, 9.17) is 0 Å². The standard InChI is InChI=1S/C10H10O.C2H7N/c1-2-3-9-4-6-10(8-11)7-5-9;1-3-2/h2-8H,1H3;3H,1-2H3. The minimum absolute atomic E-state index is 0.721. The van der Waals surface area contributed by atoms with Crippen molar-refractivity contribution >= 4 is 12.4 Å². The minimum atomic E-state index is 0.721. The van der Waals surface area contributed by atoms with Crippen molar-refractivity contribution in [1.29, 1.82) is 0 Å². The molecule has 0 heterocycles. The van der Waals surface area contributed by atoms with Crippen LogP contribution in [0.1, 0.15) is 22.8 Å².